The number of halogens is 2. The fourth-order valence-corrected chi connectivity index (χ4v) is 8.51. The van der Waals surface area contributed by atoms with Crippen LogP contribution in [0.3, 0.4) is 0 Å². The first-order valence-electron chi connectivity index (χ1n) is 18.1. The lowest BCUT2D eigenvalue weighted by Crippen LogP contribution is -2.09. The van der Waals surface area contributed by atoms with Crippen molar-refractivity contribution < 1.29 is 25.6 Å². The molecule has 8 rings (SSSR count). The van der Waals surface area contributed by atoms with E-state index in [0.29, 0.717) is 24.2 Å². The van der Waals surface area contributed by atoms with Gasteiger partial charge in [-0.2, -0.15) is 0 Å². The van der Waals surface area contributed by atoms with Gasteiger partial charge in [0.2, 0.25) is 20.0 Å². The van der Waals surface area contributed by atoms with Gasteiger partial charge in [0, 0.05) is 11.4 Å². The van der Waals surface area contributed by atoms with Crippen molar-refractivity contribution in [3.05, 3.63) is 201 Å². The van der Waals surface area contributed by atoms with Crippen molar-refractivity contribution in [3.8, 4) is 0 Å². The predicted molar refractivity (Wildman–Crippen MR) is 224 cm³/mol. The Morgan fingerprint density at radius 3 is 1.25 bits per heavy atom. The van der Waals surface area contributed by atoms with E-state index in [9.17, 15) is 25.6 Å². The Bertz CT molecular complexity index is 2550. The highest BCUT2D eigenvalue weighted by atomic mass is 32.2. The predicted octanol–water partition coefficient (Wildman–Crippen LogP) is 9.77. The van der Waals surface area contributed by atoms with Crippen LogP contribution in [0, 0.1) is 11.6 Å². The molecule has 0 saturated heterocycles. The summed E-state index contributed by atoms with van der Waals surface area (Å²) < 4.78 is 80.2. The lowest BCUT2D eigenvalue weighted by atomic mass is 9.92. The van der Waals surface area contributed by atoms with E-state index in [1.54, 1.807) is 48.5 Å². The molecular formula is C46H40F2N2O4S2. The minimum atomic E-state index is -3.36. The van der Waals surface area contributed by atoms with Crippen LogP contribution in [0.4, 0.5) is 20.2 Å². The number of anilines is 2. The summed E-state index contributed by atoms with van der Waals surface area (Å²) >= 11 is 0. The number of hydrogen-bond acceptors (Lipinski definition) is 4. The van der Waals surface area contributed by atoms with E-state index in [1.165, 1.54) is 23.3 Å². The van der Waals surface area contributed by atoms with Crippen LogP contribution in [0.5, 0.6) is 0 Å². The number of rotatable bonds is 6. The highest BCUT2D eigenvalue weighted by molar-refractivity contribution is 7.92. The molecule has 2 N–H and O–H groups in total. The molecule has 0 atom stereocenters. The number of aryl methyl sites for hydroxylation is 2. The molecule has 0 amide bonds. The molecule has 2 aliphatic rings. The van der Waals surface area contributed by atoms with E-state index >= 15 is 0 Å². The van der Waals surface area contributed by atoms with Crippen LogP contribution in [0.2, 0.25) is 0 Å². The van der Waals surface area contributed by atoms with Gasteiger partial charge in [-0.25, -0.2) is 25.6 Å². The Balaban J connectivity index is 0.000000172. The standard InChI is InChI=1S/2C23H20FNO2S/c2*1-28(26,27)25-18-8-4-6-16(14-18)15-22-19-9-3-2-7-17(19)12-13-21-20(22)10-5-11-23(21)24/h2*2-11,14-15,25H,12-13H2,1H3/b22-15+;22-15-. The van der Waals surface area contributed by atoms with Crippen LogP contribution in [0.25, 0.3) is 23.3 Å². The second kappa shape index (κ2) is 16.1. The quantitative estimate of drug-likeness (QED) is 0.176. The molecule has 0 aromatic heterocycles. The van der Waals surface area contributed by atoms with Crippen molar-refractivity contribution in [2.45, 2.75) is 25.7 Å². The lowest BCUT2D eigenvalue weighted by Gasteiger charge is -2.13. The largest absolute Gasteiger partial charge is 0.284 e. The average molecular weight is 787 g/mol. The van der Waals surface area contributed by atoms with E-state index in [2.05, 4.69) is 33.7 Å². The number of fused-ring (bicyclic) bond motifs is 4. The summed E-state index contributed by atoms with van der Waals surface area (Å²) in [5, 5.41) is 0. The topological polar surface area (TPSA) is 92.3 Å². The van der Waals surface area contributed by atoms with Crippen molar-refractivity contribution in [2.75, 3.05) is 22.0 Å². The van der Waals surface area contributed by atoms with Crippen molar-refractivity contribution >= 4 is 54.7 Å². The van der Waals surface area contributed by atoms with Crippen molar-refractivity contribution in [3.63, 3.8) is 0 Å². The first-order chi connectivity index (χ1) is 26.8. The smallest absolute Gasteiger partial charge is 0.229 e. The Hall–Kier alpha value is -5.84. The Morgan fingerprint density at radius 1 is 0.464 bits per heavy atom. The van der Waals surface area contributed by atoms with E-state index in [4.69, 9.17) is 0 Å². The minimum absolute atomic E-state index is 0.191. The molecule has 6 aromatic carbocycles. The number of hydrogen-bond donors (Lipinski definition) is 2. The zero-order chi connectivity index (χ0) is 39.5. The minimum Gasteiger partial charge on any atom is -0.284 e. The molecule has 6 nitrogen and oxygen atoms in total. The lowest BCUT2D eigenvalue weighted by molar-refractivity contribution is 0.605. The van der Waals surface area contributed by atoms with Gasteiger partial charge in [-0.3, -0.25) is 9.44 Å². The third-order valence-electron chi connectivity index (χ3n) is 9.72. The van der Waals surface area contributed by atoms with Crippen molar-refractivity contribution in [2.24, 2.45) is 0 Å². The van der Waals surface area contributed by atoms with Crippen LogP contribution in [0.1, 0.15) is 55.6 Å². The molecule has 284 valence electrons. The first-order valence-corrected chi connectivity index (χ1v) is 21.9. The summed E-state index contributed by atoms with van der Waals surface area (Å²) in [6.07, 6.45) is 9.08. The molecule has 0 fully saturated rings. The molecular weight excluding hydrogens is 747 g/mol. The van der Waals surface area contributed by atoms with Crippen molar-refractivity contribution in [1.29, 1.82) is 0 Å². The van der Waals surface area contributed by atoms with E-state index in [-0.39, 0.29) is 11.6 Å². The number of benzene rings is 6. The van der Waals surface area contributed by atoms with E-state index in [1.807, 2.05) is 60.7 Å². The normalized spacial score (nSPS) is 14.9. The number of sulfonamides is 2. The van der Waals surface area contributed by atoms with Crippen LogP contribution < -0.4 is 9.44 Å². The SMILES string of the molecule is CS(=O)(=O)Nc1cccc(/C=C2/c3ccccc3CCc3c(F)cccc32)c1.CS(=O)(=O)Nc1cccc(/C=C2\c3ccccc3CCc3c(F)cccc32)c1. The Morgan fingerprint density at radius 2 is 0.839 bits per heavy atom. The van der Waals surface area contributed by atoms with Gasteiger partial charge in [0.05, 0.1) is 12.5 Å². The fraction of sp³-hybridized carbons (Fsp3) is 0.130. The molecule has 0 saturated carbocycles. The maximum atomic E-state index is 14.5. The average Bonchev–Trinajstić information content (AvgIpc) is 3.41. The highest BCUT2D eigenvalue weighted by Gasteiger charge is 2.22. The Labute approximate surface area is 327 Å². The van der Waals surface area contributed by atoms with Crippen LogP contribution >= 0.6 is 0 Å². The van der Waals surface area contributed by atoms with Gasteiger partial charge in [0.25, 0.3) is 0 Å². The maximum absolute atomic E-state index is 14.5. The van der Waals surface area contributed by atoms with Crippen molar-refractivity contribution in [1.82, 2.24) is 0 Å². The third kappa shape index (κ3) is 9.16. The van der Waals surface area contributed by atoms with Gasteiger partial charge in [-0.1, -0.05) is 97.1 Å². The molecule has 10 heteroatoms. The molecule has 0 spiro atoms. The zero-order valence-corrected chi connectivity index (χ0v) is 32.5. The van der Waals surface area contributed by atoms with Gasteiger partial charge in [0.15, 0.2) is 0 Å². The maximum Gasteiger partial charge on any atom is 0.229 e. The first kappa shape index (κ1) is 38.4. The van der Waals surface area contributed by atoms with E-state index < -0.39 is 20.0 Å². The number of nitrogens with one attached hydrogen (secondary N) is 2. The van der Waals surface area contributed by atoms with Gasteiger partial charge in [-0.15, -0.1) is 0 Å². The van der Waals surface area contributed by atoms with Gasteiger partial charge < -0.3 is 0 Å². The summed E-state index contributed by atoms with van der Waals surface area (Å²) in [6.45, 7) is 0. The summed E-state index contributed by atoms with van der Waals surface area (Å²) in [7, 11) is -6.71. The highest BCUT2D eigenvalue weighted by Crippen LogP contribution is 2.38. The van der Waals surface area contributed by atoms with E-state index in [0.717, 1.165) is 81.0 Å². The third-order valence-corrected chi connectivity index (χ3v) is 10.9. The van der Waals surface area contributed by atoms with Gasteiger partial charge >= 0.3 is 0 Å². The summed E-state index contributed by atoms with van der Waals surface area (Å²) in [5.74, 6) is -0.382. The molecule has 0 unspecified atom stereocenters. The molecule has 6 aromatic rings. The molecule has 0 bridgehead atoms. The fourth-order valence-electron chi connectivity index (χ4n) is 7.40. The summed E-state index contributed by atoms with van der Waals surface area (Å²) in [5.41, 5.74) is 12.3. The summed E-state index contributed by atoms with van der Waals surface area (Å²) in [4.78, 5) is 0. The molecule has 0 heterocycles. The van der Waals surface area contributed by atoms with Crippen LogP contribution in [-0.4, -0.2) is 29.3 Å². The van der Waals surface area contributed by atoms with Crippen LogP contribution in [0.15, 0.2) is 133 Å². The zero-order valence-electron chi connectivity index (χ0n) is 30.9. The molecule has 2 aliphatic carbocycles. The van der Waals surface area contributed by atoms with Crippen LogP contribution in [-0.2, 0) is 45.7 Å². The molecule has 0 aliphatic heterocycles. The second-order valence-electron chi connectivity index (χ2n) is 14.0. The molecule has 0 radical (unpaired) electrons. The van der Waals surface area contributed by atoms with Gasteiger partial charge in [0.1, 0.15) is 11.6 Å². The molecule has 56 heavy (non-hydrogen) atoms. The summed E-state index contributed by atoms with van der Waals surface area (Å²) in [6, 6.07) is 41.0. The Kier molecular flexibility index (Phi) is 11.0. The monoisotopic (exact) mass is 786 g/mol. The second-order valence-corrected chi connectivity index (χ2v) is 17.5. The van der Waals surface area contributed by atoms with Gasteiger partial charge in [-0.05, 0) is 141 Å².